The van der Waals surface area contributed by atoms with Gasteiger partial charge in [-0.1, -0.05) is 0 Å². The molecule has 1 aromatic carbocycles. The highest BCUT2D eigenvalue weighted by atomic mass is 19.3. The largest absolute Gasteiger partial charge is 0.435 e. The summed E-state index contributed by atoms with van der Waals surface area (Å²) >= 11 is 0. The number of halogens is 2. The van der Waals surface area contributed by atoms with Gasteiger partial charge in [0.2, 0.25) is 0 Å². The zero-order valence-corrected chi connectivity index (χ0v) is 13.9. The molecule has 5 rings (SSSR count). The molecule has 4 heterocycles. The monoisotopic (exact) mass is 350 g/mol. The average Bonchev–Trinajstić information content (AvgIpc) is 3.04. The maximum absolute atomic E-state index is 13.0. The maximum Gasteiger partial charge on any atom is 0.387 e. The zero-order chi connectivity index (χ0) is 17.6. The summed E-state index contributed by atoms with van der Waals surface area (Å²) in [5, 5.41) is 7.41. The average molecular weight is 350 g/mol. The van der Waals surface area contributed by atoms with Gasteiger partial charge in [0.25, 0.3) is 5.91 Å². The van der Waals surface area contributed by atoms with E-state index in [4.69, 9.17) is 0 Å². The van der Waals surface area contributed by atoms with Gasteiger partial charge in [0.1, 0.15) is 5.75 Å². The molecule has 0 unspecified atom stereocenters. The quantitative estimate of drug-likeness (QED) is 0.919. The molecule has 2 bridgehead atoms. The highest BCUT2D eigenvalue weighted by Crippen LogP contribution is 2.32. The van der Waals surface area contributed by atoms with Crippen molar-refractivity contribution in [2.45, 2.75) is 25.5 Å². The van der Waals surface area contributed by atoms with E-state index in [9.17, 15) is 13.6 Å². The molecule has 25 heavy (non-hydrogen) atoms. The number of carbonyl (C=O) groups is 1. The van der Waals surface area contributed by atoms with Gasteiger partial charge in [-0.05, 0) is 50.0 Å². The highest BCUT2D eigenvalue weighted by molar-refractivity contribution is 6.05. The molecule has 3 fully saturated rings. The first kappa shape index (κ1) is 16.3. The third-order valence-corrected chi connectivity index (χ3v) is 5.40. The fourth-order valence-electron chi connectivity index (χ4n) is 4.02. The Morgan fingerprint density at radius 1 is 1.40 bits per heavy atom. The molecule has 0 aliphatic carbocycles. The van der Waals surface area contributed by atoms with Crippen molar-refractivity contribution in [2.75, 3.05) is 26.7 Å². The summed E-state index contributed by atoms with van der Waals surface area (Å²) in [6.07, 6.45) is 2.21. The minimum absolute atomic E-state index is 0.0171. The molecule has 3 saturated heterocycles. The SMILES string of the molecule is CN(C(=O)c1n[nH]c2ccc(OC(F)F)cc12)[C@@H]1CN2CCC1CC2. The van der Waals surface area contributed by atoms with E-state index in [1.165, 1.54) is 12.1 Å². The third kappa shape index (κ3) is 2.95. The van der Waals surface area contributed by atoms with Crippen LogP contribution in [0.25, 0.3) is 10.9 Å². The highest BCUT2D eigenvalue weighted by Gasteiger charge is 2.38. The standard InChI is InChI=1S/C17H20F2N4O2/c1-22(14-9-23-6-4-10(14)5-7-23)16(24)15-12-8-11(25-17(18)19)2-3-13(12)20-21-15/h2-3,8,10,14,17H,4-7,9H2,1H3,(H,20,21)/t14-/m1/s1. The topological polar surface area (TPSA) is 61.5 Å². The molecule has 134 valence electrons. The van der Waals surface area contributed by atoms with Gasteiger partial charge in [0.05, 0.1) is 5.52 Å². The van der Waals surface area contributed by atoms with Crippen molar-refractivity contribution < 1.29 is 18.3 Å². The zero-order valence-electron chi connectivity index (χ0n) is 13.9. The van der Waals surface area contributed by atoms with Crippen LogP contribution in [0.15, 0.2) is 18.2 Å². The van der Waals surface area contributed by atoms with Gasteiger partial charge in [-0.3, -0.25) is 9.89 Å². The molecule has 6 nitrogen and oxygen atoms in total. The number of rotatable bonds is 4. The minimum Gasteiger partial charge on any atom is -0.435 e. The molecule has 1 aromatic heterocycles. The first-order valence-corrected chi connectivity index (χ1v) is 8.45. The van der Waals surface area contributed by atoms with Crippen molar-refractivity contribution in [2.24, 2.45) is 5.92 Å². The van der Waals surface area contributed by atoms with Crippen LogP contribution in [0.3, 0.4) is 0 Å². The van der Waals surface area contributed by atoms with Crippen molar-refractivity contribution in [3.8, 4) is 5.75 Å². The Morgan fingerprint density at radius 2 is 2.16 bits per heavy atom. The number of hydrogen-bond donors (Lipinski definition) is 1. The van der Waals surface area contributed by atoms with Crippen LogP contribution >= 0.6 is 0 Å². The molecule has 0 spiro atoms. The van der Waals surface area contributed by atoms with Crippen molar-refractivity contribution >= 4 is 16.8 Å². The lowest BCUT2D eigenvalue weighted by Crippen LogP contribution is -2.57. The molecule has 8 heteroatoms. The molecule has 0 radical (unpaired) electrons. The second kappa shape index (κ2) is 6.25. The molecule has 3 aliphatic rings. The number of H-pyrrole nitrogens is 1. The number of aromatic nitrogens is 2. The summed E-state index contributed by atoms with van der Waals surface area (Å²) in [7, 11) is 1.80. The van der Waals surface area contributed by atoms with Gasteiger partial charge in [-0.2, -0.15) is 13.9 Å². The van der Waals surface area contributed by atoms with Crippen molar-refractivity contribution in [1.82, 2.24) is 20.0 Å². The number of ether oxygens (including phenoxy) is 1. The maximum atomic E-state index is 13.0. The van der Waals surface area contributed by atoms with Crippen molar-refractivity contribution in [3.05, 3.63) is 23.9 Å². The van der Waals surface area contributed by atoms with E-state index in [1.54, 1.807) is 18.0 Å². The van der Waals surface area contributed by atoms with Crippen LogP contribution in [0.1, 0.15) is 23.3 Å². The van der Waals surface area contributed by atoms with Crippen molar-refractivity contribution in [3.63, 3.8) is 0 Å². The van der Waals surface area contributed by atoms with Crippen LogP contribution in [0.4, 0.5) is 8.78 Å². The summed E-state index contributed by atoms with van der Waals surface area (Å²) in [6.45, 7) is 0.179. The number of aromatic amines is 1. The smallest absolute Gasteiger partial charge is 0.387 e. The molecule has 1 atom stereocenters. The predicted octanol–water partition coefficient (Wildman–Crippen LogP) is 2.33. The summed E-state index contributed by atoms with van der Waals surface area (Å²) in [5.41, 5.74) is 0.862. The van der Waals surface area contributed by atoms with Crippen molar-refractivity contribution in [1.29, 1.82) is 0 Å². The lowest BCUT2D eigenvalue weighted by molar-refractivity contribution is -0.0497. The summed E-state index contributed by atoms with van der Waals surface area (Å²) in [5.74, 6) is 0.338. The Hall–Kier alpha value is -2.22. The van der Waals surface area contributed by atoms with Crippen LogP contribution in [-0.4, -0.2) is 65.2 Å². The molecule has 0 saturated carbocycles. The van der Waals surface area contributed by atoms with E-state index in [0.29, 0.717) is 16.8 Å². The van der Waals surface area contributed by atoms with Crippen LogP contribution < -0.4 is 4.74 Å². The molecular weight excluding hydrogens is 330 g/mol. The Morgan fingerprint density at radius 3 is 2.80 bits per heavy atom. The Balaban J connectivity index is 1.61. The van der Waals surface area contributed by atoms with Gasteiger partial charge in [-0.15, -0.1) is 0 Å². The van der Waals surface area contributed by atoms with E-state index < -0.39 is 6.61 Å². The summed E-state index contributed by atoms with van der Waals surface area (Å²) < 4.78 is 29.3. The van der Waals surface area contributed by atoms with E-state index in [2.05, 4.69) is 19.8 Å². The number of fused-ring (bicyclic) bond motifs is 4. The summed E-state index contributed by atoms with van der Waals surface area (Å²) in [4.78, 5) is 17.1. The van der Waals surface area contributed by atoms with Crippen LogP contribution in [0, 0.1) is 5.92 Å². The van der Waals surface area contributed by atoms with E-state index in [1.807, 2.05) is 0 Å². The van der Waals surface area contributed by atoms with E-state index >= 15 is 0 Å². The van der Waals surface area contributed by atoms with Crippen LogP contribution in [-0.2, 0) is 0 Å². The van der Waals surface area contributed by atoms with Gasteiger partial charge in [0.15, 0.2) is 5.69 Å². The van der Waals surface area contributed by atoms with Gasteiger partial charge in [-0.25, -0.2) is 0 Å². The predicted molar refractivity (Wildman–Crippen MR) is 87.8 cm³/mol. The first-order valence-electron chi connectivity index (χ1n) is 8.45. The number of nitrogens with zero attached hydrogens (tertiary/aromatic N) is 3. The number of carbonyl (C=O) groups excluding carboxylic acids is 1. The summed E-state index contributed by atoms with van der Waals surface area (Å²) in [6, 6.07) is 4.62. The Kier molecular flexibility index (Phi) is 4.07. The minimum atomic E-state index is -2.90. The normalized spacial score (nSPS) is 25.5. The van der Waals surface area contributed by atoms with E-state index in [0.717, 1.165) is 32.5 Å². The Bertz CT molecular complexity index is 786. The number of nitrogens with one attached hydrogen (secondary N) is 1. The Labute approximate surface area is 143 Å². The van der Waals surface area contributed by atoms with Gasteiger partial charge in [0, 0.05) is 25.0 Å². The molecule has 2 aromatic rings. The number of hydrogen-bond acceptors (Lipinski definition) is 4. The third-order valence-electron chi connectivity index (χ3n) is 5.40. The van der Waals surface area contributed by atoms with Gasteiger partial charge >= 0.3 is 6.61 Å². The fraction of sp³-hybridized carbons (Fsp3) is 0.529. The number of alkyl halides is 2. The molecular formula is C17H20F2N4O2. The second-order valence-corrected chi connectivity index (χ2v) is 6.78. The molecule has 1 amide bonds. The number of likely N-dealkylation sites (N-methyl/N-ethyl adjacent to an activating group) is 1. The lowest BCUT2D eigenvalue weighted by atomic mass is 9.83. The lowest BCUT2D eigenvalue weighted by Gasteiger charge is -2.47. The van der Waals surface area contributed by atoms with Gasteiger partial charge < -0.3 is 14.5 Å². The molecule has 1 N–H and O–H groups in total. The molecule has 3 aliphatic heterocycles. The first-order chi connectivity index (χ1) is 12.0. The second-order valence-electron chi connectivity index (χ2n) is 6.78. The number of benzene rings is 1. The van der Waals surface area contributed by atoms with Crippen LogP contribution in [0.5, 0.6) is 5.75 Å². The fourth-order valence-corrected chi connectivity index (χ4v) is 4.02. The number of amides is 1. The number of piperidine rings is 3. The van der Waals surface area contributed by atoms with Crippen LogP contribution in [0.2, 0.25) is 0 Å². The van der Waals surface area contributed by atoms with E-state index in [-0.39, 0.29) is 23.4 Å².